The van der Waals surface area contributed by atoms with Crippen LogP contribution in [-0.2, 0) is 21.5 Å². The van der Waals surface area contributed by atoms with Gasteiger partial charge in [0.25, 0.3) is 0 Å². The van der Waals surface area contributed by atoms with Gasteiger partial charge in [-0.15, -0.1) is 11.3 Å². The van der Waals surface area contributed by atoms with Gasteiger partial charge in [0, 0.05) is 18.1 Å². The van der Waals surface area contributed by atoms with Gasteiger partial charge in [-0.05, 0) is 29.9 Å². The SMILES string of the molecule is O=C(NCc1cccs1)C1(c2ccccc2)CCOCC1. The van der Waals surface area contributed by atoms with Crippen molar-refractivity contribution >= 4 is 17.2 Å². The third kappa shape index (κ3) is 3.01. The smallest absolute Gasteiger partial charge is 0.231 e. The summed E-state index contributed by atoms with van der Waals surface area (Å²) in [6.45, 7) is 1.88. The van der Waals surface area contributed by atoms with E-state index in [0.29, 0.717) is 19.8 Å². The molecule has 4 heteroatoms. The summed E-state index contributed by atoms with van der Waals surface area (Å²) in [5.74, 6) is 0.116. The maximum absolute atomic E-state index is 12.9. The fourth-order valence-corrected chi connectivity index (χ4v) is 3.52. The quantitative estimate of drug-likeness (QED) is 0.942. The summed E-state index contributed by atoms with van der Waals surface area (Å²) in [5.41, 5.74) is 0.647. The van der Waals surface area contributed by atoms with E-state index in [1.165, 1.54) is 4.88 Å². The van der Waals surface area contributed by atoms with Crippen molar-refractivity contribution in [2.75, 3.05) is 13.2 Å². The van der Waals surface area contributed by atoms with Gasteiger partial charge in [0.15, 0.2) is 0 Å². The molecule has 1 N–H and O–H groups in total. The third-order valence-electron chi connectivity index (χ3n) is 4.11. The Labute approximate surface area is 129 Å². The summed E-state index contributed by atoms with van der Waals surface area (Å²) in [6, 6.07) is 14.1. The predicted octanol–water partition coefficient (Wildman–Crippen LogP) is 3.11. The normalized spacial score (nSPS) is 17.3. The van der Waals surface area contributed by atoms with E-state index in [1.807, 2.05) is 35.7 Å². The Bertz CT molecular complexity index is 574. The first-order valence-electron chi connectivity index (χ1n) is 7.25. The van der Waals surface area contributed by atoms with E-state index >= 15 is 0 Å². The van der Waals surface area contributed by atoms with Crippen LogP contribution in [0.4, 0.5) is 0 Å². The van der Waals surface area contributed by atoms with E-state index in [4.69, 9.17) is 4.74 Å². The molecule has 0 aliphatic carbocycles. The number of carbonyl (C=O) groups is 1. The summed E-state index contributed by atoms with van der Waals surface area (Å²) < 4.78 is 5.47. The highest BCUT2D eigenvalue weighted by molar-refractivity contribution is 7.09. The number of rotatable bonds is 4. The molecule has 1 aromatic heterocycles. The molecule has 1 saturated heterocycles. The second-order valence-corrected chi connectivity index (χ2v) is 6.35. The monoisotopic (exact) mass is 301 g/mol. The van der Waals surface area contributed by atoms with Crippen molar-refractivity contribution < 1.29 is 9.53 Å². The summed E-state index contributed by atoms with van der Waals surface area (Å²) in [6.07, 6.45) is 1.49. The van der Waals surface area contributed by atoms with Crippen LogP contribution in [0, 0.1) is 0 Å². The Morgan fingerprint density at radius 1 is 1.14 bits per heavy atom. The lowest BCUT2D eigenvalue weighted by atomic mass is 9.73. The Balaban J connectivity index is 1.80. The summed E-state index contributed by atoms with van der Waals surface area (Å²) >= 11 is 1.67. The van der Waals surface area contributed by atoms with Gasteiger partial charge in [-0.1, -0.05) is 36.4 Å². The van der Waals surface area contributed by atoms with Crippen LogP contribution in [0.15, 0.2) is 47.8 Å². The Morgan fingerprint density at radius 2 is 1.90 bits per heavy atom. The second kappa shape index (κ2) is 6.41. The van der Waals surface area contributed by atoms with E-state index < -0.39 is 5.41 Å². The molecule has 0 saturated carbocycles. The molecule has 0 spiro atoms. The van der Waals surface area contributed by atoms with Gasteiger partial charge in [-0.2, -0.15) is 0 Å². The van der Waals surface area contributed by atoms with Gasteiger partial charge < -0.3 is 10.1 Å². The molecule has 1 aliphatic heterocycles. The number of benzene rings is 1. The summed E-state index contributed by atoms with van der Waals surface area (Å²) in [5, 5.41) is 5.14. The molecular weight excluding hydrogens is 282 g/mol. The summed E-state index contributed by atoms with van der Waals surface area (Å²) in [7, 11) is 0. The zero-order valence-corrected chi connectivity index (χ0v) is 12.7. The Hall–Kier alpha value is -1.65. The Kier molecular flexibility index (Phi) is 4.36. The number of thiophene rings is 1. The zero-order valence-electron chi connectivity index (χ0n) is 11.9. The number of hydrogen-bond acceptors (Lipinski definition) is 3. The average Bonchev–Trinajstić information content (AvgIpc) is 3.07. The first kappa shape index (κ1) is 14.3. The van der Waals surface area contributed by atoms with E-state index in [0.717, 1.165) is 18.4 Å². The standard InChI is InChI=1S/C17H19NO2S/c19-16(18-13-15-7-4-12-21-15)17(8-10-20-11-9-17)14-5-2-1-3-6-14/h1-7,12H,8-11,13H2,(H,18,19). The van der Waals surface area contributed by atoms with Gasteiger partial charge in [-0.25, -0.2) is 0 Å². The number of carbonyl (C=O) groups excluding carboxylic acids is 1. The van der Waals surface area contributed by atoms with E-state index in [-0.39, 0.29) is 5.91 Å². The van der Waals surface area contributed by atoms with Gasteiger partial charge in [0.05, 0.1) is 12.0 Å². The van der Waals surface area contributed by atoms with Gasteiger partial charge in [0.2, 0.25) is 5.91 Å². The largest absolute Gasteiger partial charge is 0.381 e. The lowest BCUT2D eigenvalue weighted by Gasteiger charge is -2.36. The van der Waals surface area contributed by atoms with Crippen LogP contribution in [-0.4, -0.2) is 19.1 Å². The molecule has 21 heavy (non-hydrogen) atoms. The van der Waals surface area contributed by atoms with Crippen LogP contribution in [0.25, 0.3) is 0 Å². The number of hydrogen-bond donors (Lipinski definition) is 1. The first-order valence-corrected chi connectivity index (χ1v) is 8.13. The number of ether oxygens (including phenoxy) is 1. The van der Waals surface area contributed by atoms with Crippen LogP contribution in [0.1, 0.15) is 23.3 Å². The molecule has 0 atom stereocenters. The number of nitrogens with one attached hydrogen (secondary N) is 1. The van der Waals surface area contributed by atoms with Crippen molar-refractivity contribution in [3.8, 4) is 0 Å². The molecule has 110 valence electrons. The lowest BCUT2D eigenvalue weighted by Crippen LogP contribution is -2.47. The van der Waals surface area contributed by atoms with E-state index in [1.54, 1.807) is 11.3 Å². The molecule has 3 rings (SSSR count). The molecular formula is C17H19NO2S. The molecule has 3 nitrogen and oxygen atoms in total. The van der Waals surface area contributed by atoms with Crippen molar-refractivity contribution in [1.82, 2.24) is 5.32 Å². The highest BCUT2D eigenvalue weighted by atomic mass is 32.1. The van der Waals surface area contributed by atoms with Gasteiger partial charge in [-0.3, -0.25) is 4.79 Å². The molecule has 0 unspecified atom stereocenters. The maximum Gasteiger partial charge on any atom is 0.231 e. The Morgan fingerprint density at radius 3 is 2.57 bits per heavy atom. The van der Waals surface area contributed by atoms with Gasteiger partial charge >= 0.3 is 0 Å². The van der Waals surface area contributed by atoms with Crippen molar-refractivity contribution in [3.05, 3.63) is 58.3 Å². The molecule has 0 bridgehead atoms. The molecule has 1 fully saturated rings. The molecule has 0 radical (unpaired) electrons. The summed E-state index contributed by atoms with van der Waals surface area (Å²) in [4.78, 5) is 14.0. The minimum Gasteiger partial charge on any atom is -0.381 e. The van der Waals surface area contributed by atoms with Crippen LogP contribution in [0.2, 0.25) is 0 Å². The van der Waals surface area contributed by atoms with Crippen molar-refractivity contribution in [2.24, 2.45) is 0 Å². The number of amides is 1. The highest BCUT2D eigenvalue weighted by Gasteiger charge is 2.41. The van der Waals surface area contributed by atoms with Gasteiger partial charge in [0.1, 0.15) is 0 Å². The fourth-order valence-electron chi connectivity index (χ4n) is 2.87. The van der Waals surface area contributed by atoms with Crippen molar-refractivity contribution in [2.45, 2.75) is 24.8 Å². The highest BCUT2D eigenvalue weighted by Crippen LogP contribution is 2.35. The topological polar surface area (TPSA) is 38.3 Å². The van der Waals surface area contributed by atoms with E-state index in [9.17, 15) is 4.79 Å². The average molecular weight is 301 g/mol. The van der Waals surface area contributed by atoms with Crippen molar-refractivity contribution in [3.63, 3.8) is 0 Å². The van der Waals surface area contributed by atoms with Crippen LogP contribution >= 0.6 is 11.3 Å². The molecule has 2 aromatic rings. The van der Waals surface area contributed by atoms with Crippen LogP contribution in [0.3, 0.4) is 0 Å². The molecule has 1 aliphatic rings. The van der Waals surface area contributed by atoms with Crippen molar-refractivity contribution in [1.29, 1.82) is 0 Å². The third-order valence-corrected chi connectivity index (χ3v) is 4.99. The second-order valence-electron chi connectivity index (χ2n) is 5.32. The fraction of sp³-hybridized carbons (Fsp3) is 0.353. The van der Waals surface area contributed by atoms with Crippen LogP contribution < -0.4 is 5.32 Å². The minimum absolute atomic E-state index is 0.116. The molecule has 2 heterocycles. The molecule has 1 amide bonds. The lowest BCUT2D eigenvalue weighted by molar-refractivity contribution is -0.130. The van der Waals surface area contributed by atoms with E-state index in [2.05, 4.69) is 17.4 Å². The maximum atomic E-state index is 12.9. The first-order chi connectivity index (χ1) is 10.3. The predicted molar refractivity (Wildman–Crippen MR) is 84.3 cm³/mol. The zero-order chi connectivity index (χ0) is 14.5. The minimum atomic E-state index is -0.448. The molecule has 1 aromatic carbocycles. The van der Waals surface area contributed by atoms with Crippen LogP contribution in [0.5, 0.6) is 0 Å².